The minimum absolute atomic E-state index is 0.175. The molecule has 0 radical (unpaired) electrons. The predicted molar refractivity (Wildman–Crippen MR) is 111 cm³/mol. The van der Waals surface area contributed by atoms with E-state index in [-0.39, 0.29) is 10.3 Å². The lowest BCUT2D eigenvalue weighted by Gasteiger charge is -2.11. The maximum absolute atomic E-state index is 13.3. The number of hydrogen-bond donors (Lipinski definition) is 0. The van der Waals surface area contributed by atoms with Crippen LogP contribution < -0.4 is 5.43 Å². The quantitative estimate of drug-likeness (QED) is 0.466. The molecule has 6 heteroatoms. The van der Waals surface area contributed by atoms with Crippen LogP contribution in [0, 0.1) is 0 Å². The van der Waals surface area contributed by atoms with E-state index >= 15 is 0 Å². The average Bonchev–Trinajstić information content (AvgIpc) is 2.67. The highest BCUT2D eigenvalue weighted by Crippen LogP contribution is 2.33. The number of benzene rings is 3. The molecule has 0 fully saturated rings. The molecule has 4 aromatic rings. The van der Waals surface area contributed by atoms with Gasteiger partial charge in [0.15, 0.2) is 9.84 Å². The van der Waals surface area contributed by atoms with Crippen molar-refractivity contribution in [1.29, 1.82) is 0 Å². The molecule has 4 nitrogen and oxygen atoms in total. The van der Waals surface area contributed by atoms with E-state index in [2.05, 4.69) is 0 Å². The lowest BCUT2D eigenvalue weighted by Crippen LogP contribution is -2.07. The van der Waals surface area contributed by atoms with E-state index < -0.39 is 9.84 Å². The van der Waals surface area contributed by atoms with Gasteiger partial charge < -0.3 is 4.42 Å². The summed E-state index contributed by atoms with van der Waals surface area (Å²) in [6, 6.07) is 20.3. The average molecular weight is 411 g/mol. The first-order chi connectivity index (χ1) is 13.3. The van der Waals surface area contributed by atoms with Crippen molar-refractivity contribution in [2.75, 3.05) is 6.26 Å². The summed E-state index contributed by atoms with van der Waals surface area (Å²) in [6.07, 6.45) is 1.15. The molecule has 0 aliphatic carbocycles. The zero-order chi connectivity index (χ0) is 19.9. The number of hydrogen-bond acceptors (Lipinski definition) is 4. The second kappa shape index (κ2) is 6.93. The van der Waals surface area contributed by atoms with Crippen molar-refractivity contribution in [2.45, 2.75) is 4.90 Å². The molecule has 0 aliphatic rings. The summed E-state index contributed by atoms with van der Waals surface area (Å²) in [5.41, 5.74) is 1.90. The fraction of sp³-hybridized carbons (Fsp3) is 0.0455. The van der Waals surface area contributed by atoms with Crippen LogP contribution in [-0.4, -0.2) is 14.7 Å². The third-order valence-electron chi connectivity index (χ3n) is 4.46. The van der Waals surface area contributed by atoms with E-state index in [1.54, 1.807) is 60.7 Å². The summed E-state index contributed by atoms with van der Waals surface area (Å²) in [5, 5.41) is 0.970. The second-order valence-electron chi connectivity index (χ2n) is 6.44. The first kappa shape index (κ1) is 18.5. The van der Waals surface area contributed by atoms with Gasteiger partial charge in [0.1, 0.15) is 11.3 Å². The van der Waals surface area contributed by atoms with Crippen LogP contribution in [0.25, 0.3) is 33.4 Å². The van der Waals surface area contributed by atoms with Crippen molar-refractivity contribution >= 4 is 32.4 Å². The monoisotopic (exact) mass is 410 g/mol. The third kappa shape index (κ3) is 3.35. The lowest BCUT2D eigenvalue weighted by molar-refractivity contribution is 0.601. The normalized spacial score (nSPS) is 11.6. The number of para-hydroxylation sites is 1. The summed E-state index contributed by atoms with van der Waals surface area (Å²) in [7, 11) is -3.32. The molecule has 1 aromatic heterocycles. The van der Waals surface area contributed by atoms with Crippen molar-refractivity contribution in [3.05, 3.63) is 88.0 Å². The van der Waals surface area contributed by atoms with Crippen molar-refractivity contribution in [2.24, 2.45) is 0 Å². The molecule has 28 heavy (non-hydrogen) atoms. The molecule has 0 saturated carbocycles. The molecular formula is C22H15ClO4S. The van der Waals surface area contributed by atoms with Crippen LogP contribution in [0.5, 0.6) is 0 Å². The summed E-state index contributed by atoms with van der Waals surface area (Å²) in [5.74, 6) is 0.367. The highest BCUT2D eigenvalue weighted by Gasteiger charge is 2.18. The van der Waals surface area contributed by atoms with Crippen molar-refractivity contribution in [1.82, 2.24) is 0 Å². The number of halogens is 1. The van der Waals surface area contributed by atoms with Gasteiger partial charge in [-0.25, -0.2) is 8.42 Å². The van der Waals surface area contributed by atoms with Gasteiger partial charge in [-0.3, -0.25) is 4.79 Å². The van der Waals surface area contributed by atoms with Crippen LogP contribution in [0.3, 0.4) is 0 Å². The Kier molecular flexibility index (Phi) is 4.57. The molecule has 0 amide bonds. The Balaban J connectivity index is 2.04. The highest BCUT2D eigenvalue weighted by molar-refractivity contribution is 7.90. The maximum Gasteiger partial charge on any atom is 0.201 e. The van der Waals surface area contributed by atoms with Crippen LogP contribution >= 0.6 is 11.6 Å². The largest absolute Gasteiger partial charge is 0.455 e. The minimum Gasteiger partial charge on any atom is -0.455 e. The molecule has 4 rings (SSSR count). The predicted octanol–water partition coefficient (Wildman–Crippen LogP) is 5.18. The Labute approximate surface area is 166 Å². The SMILES string of the molecule is CS(=O)(=O)c1ccc(-c2oc3ccccc3c(=O)c2-c2cccc(Cl)c2)cc1. The standard InChI is InChI=1S/C22H15ClO4S/c1-28(25,26)17-11-9-14(10-12-17)22-20(15-5-4-6-16(23)13-15)21(24)18-7-2-3-8-19(18)27-22/h2-13H,1H3. The summed E-state index contributed by atoms with van der Waals surface area (Å²) in [4.78, 5) is 13.5. The van der Waals surface area contributed by atoms with Crippen LogP contribution in [0.15, 0.2) is 86.9 Å². The zero-order valence-electron chi connectivity index (χ0n) is 14.8. The summed E-state index contributed by atoms with van der Waals surface area (Å²) >= 11 is 6.14. The molecule has 1 heterocycles. The van der Waals surface area contributed by atoms with Crippen LogP contribution in [0.2, 0.25) is 5.02 Å². The van der Waals surface area contributed by atoms with Crippen LogP contribution in [0.1, 0.15) is 0 Å². The molecule has 0 saturated heterocycles. The Hall–Kier alpha value is -2.89. The van der Waals surface area contributed by atoms with Gasteiger partial charge in [-0.1, -0.05) is 35.9 Å². The molecule has 0 bridgehead atoms. The second-order valence-corrected chi connectivity index (χ2v) is 8.89. The first-order valence-electron chi connectivity index (χ1n) is 8.47. The Morgan fingerprint density at radius 1 is 0.857 bits per heavy atom. The van der Waals surface area contributed by atoms with E-state index in [0.717, 1.165) is 6.26 Å². The van der Waals surface area contributed by atoms with Gasteiger partial charge in [-0.2, -0.15) is 0 Å². The Bertz CT molecular complexity index is 1350. The topological polar surface area (TPSA) is 64.3 Å². The van der Waals surface area contributed by atoms with Crippen LogP contribution in [-0.2, 0) is 9.84 Å². The molecule has 3 aromatic carbocycles. The Morgan fingerprint density at radius 3 is 2.25 bits per heavy atom. The highest BCUT2D eigenvalue weighted by atomic mass is 35.5. The van der Waals surface area contributed by atoms with Gasteiger partial charge in [0.05, 0.1) is 15.8 Å². The number of fused-ring (bicyclic) bond motifs is 1. The van der Waals surface area contributed by atoms with Gasteiger partial charge >= 0.3 is 0 Å². The fourth-order valence-electron chi connectivity index (χ4n) is 3.10. The number of sulfone groups is 1. The molecule has 0 N–H and O–H groups in total. The third-order valence-corrected chi connectivity index (χ3v) is 5.82. The van der Waals surface area contributed by atoms with E-state index in [1.807, 2.05) is 0 Å². The van der Waals surface area contributed by atoms with Crippen molar-refractivity contribution in [3.63, 3.8) is 0 Å². The van der Waals surface area contributed by atoms with E-state index in [9.17, 15) is 13.2 Å². The number of rotatable bonds is 3. The minimum atomic E-state index is -3.32. The van der Waals surface area contributed by atoms with Gasteiger partial charge in [0, 0.05) is 16.8 Å². The van der Waals surface area contributed by atoms with Gasteiger partial charge in [-0.05, 0) is 54.1 Å². The lowest BCUT2D eigenvalue weighted by atomic mass is 9.98. The van der Waals surface area contributed by atoms with E-state index in [4.69, 9.17) is 16.0 Å². The van der Waals surface area contributed by atoms with Crippen LogP contribution in [0.4, 0.5) is 0 Å². The van der Waals surface area contributed by atoms with Crippen molar-refractivity contribution in [3.8, 4) is 22.5 Å². The van der Waals surface area contributed by atoms with Gasteiger partial charge in [0.2, 0.25) is 5.43 Å². The molecular weight excluding hydrogens is 396 g/mol. The maximum atomic E-state index is 13.3. The first-order valence-corrected chi connectivity index (χ1v) is 10.7. The summed E-state index contributed by atoms with van der Waals surface area (Å²) < 4.78 is 29.6. The molecule has 0 unspecified atom stereocenters. The summed E-state index contributed by atoms with van der Waals surface area (Å²) in [6.45, 7) is 0. The van der Waals surface area contributed by atoms with Gasteiger partial charge in [-0.15, -0.1) is 0 Å². The molecule has 140 valence electrons. The van der Waals surface area contributed by atoms with E-state index in [0.29, 0.717) is 38.4 Å². The molecule has 0 aliphatic heterocycles. The van der Waals surface area contributed by atoms with Gasteiger partial charge in [0.25, 0.3) is 0 Å². The zero-order valence-corrected chi connectivity index (χ0v) is 16.4. The molecule has 0 atom stereocenters. The van der Waals surface area contributed by atoms with E-state index in [1.165, 1.54) is 12.1 Å². The smallest absolute Gasteiger partial charge is 0.201 e. The Morgan fingerprint density at radius 2 is 1.57 bits per heavy atom. The van der Waals surface area contributed by atoms with Crippen molar-refractivity contribution < 1.29 is 12.8 Å². The fourth-order valence-corrected chi connectivity index (χ4v) is 3.93. The molecule has 0 spiro atoms.